The topological polar surface area (TPSA) is 34.1 Å². The Morgan fingerprint density at radius 3 is 1.35 bits per heavy atom. The fraction of sp³-hybridized carbons (Fsp3) is 0.111. The molecular formula is C9H2F6O2. The quantitative estimate of drug-likeness (QED) is 0.463. The van der Waals surface area contributed by atoms with Crippen molar-refractivity contribution in [2.24, 2.45) is 0 Å². The molecule has 0 amide bonds. The molecule has 0 unspecified atom stereocenters. The number of hydrogen-bond acceptors (Lipinski definition) is 2. The summed E-state index contributed by atoms with van der Waals surface area (Å²) in [6.07, 6.45) is -6.62. The Bertz CT molecular complexity index is 456. The third-order valence-corrected chi connectivity index (χ3v) is 1.92. The lowest BCUT2D eigenvalue weighted by molar-refractivity contribution is -0.138. The maximum Gasteiger partial charge on any atom is 0.418 e. The van der Waals surface area contributed by atoms with Crippen LogP contribution in [0.3, 0.4) is 0 Å². The molecule has 0 aliphatic rings. The van der Waals surface area contributed by atoms with E-state index < -0.39 is 52.9 Å². The molecular weight excluding hydrogens is 254 g/mol. The van der Waals surface area contributed by atoms with Crippen LogP contribution in [0.15, 0.2) is 0 Å². The lowest BCUT2D eigenvalue weighted by Crippen LogP contribution is -2.18. The van der Waals surface area contributed by atoms with Crippen LogP contribution < -0.4 is 0 Å². The highest BCUT2D eigenvalue weighted by Gasteiger charge is 2.40. The van der Waals surface area contributed by atoms with Crippen molar-refractivity contribution in [2.45, 2.75) is 6.18 Å². The Labute approximate surface area is 89.8 Å². The number of rotatable bonds is 2. The Hall–Kier alpha value is -1.86. The van der Waals surface area contributed by atoms with Gasteiger partial charge in [0.05, 0.1) is 16.7 Å². The number of aldehydes is 2. The van der Waals surface area contributed by atoms with Crippen LogP contribution in [0.5, 0.6) is 0 Å². The highest BCUT2D eigenvalue weighted by Crippen LogP contribution is 2.36. The highest BCUT2D eigenvalue weighted by atomic mass is 19.4. The van der Waals surface area contributed by atoms with Crippen LogP contribution in [0.25, 0.3) is 0 Å². The molecule has 0 saturated carbocycles. The van der Waals surface area contributed by atoms with E-state index >= 15 is 0 Å². The van der Waals surface area contributed by atoms with Gasteiger partial charge in [-0.15, -0.1) is 0 Å². The predicted octanol–water partition coefficient (Wildman–Crippen LogP) is 2.75. The van der Waals surface area contributed by atoms with Crippen LogP contribution in [-0.4, -0.2) is 12.6 Å². The van der Waals surface area contributed by atoms with E-state index in [9.17, 15) is 35.9 Å². The van der Waals surface area contributed by atoms with Gasteiger partial charge in [0.25, 0.3) is 0 Å². The third kappa shape index (κ3) is 2.02. The molecule has 0 radical (unpaired) electrons. The number of hydrogen-bond donors (Lipinski definition) is 0. The fourth-order valence-corrected chi connectivity index (χ4v) is 1.22. The summed E-state index contributed by atoms with van der Waals surface area (Å²) in [5.74, 6) is -6.87. The SMILES string of the molecule is O=Cc1c(F)c(F)c(F)c(C=O)c1C(F)(F)F. The number of halogens is 6. The van der Waals surface area contributed by atoms with Crippen molar-refractivity contribution in [1.82, 2.24) is 0 Å². The van der Waals surface area contributed by atoms with E-state index in [4.69, 9.17) is 0 Å². The van der Waals surface area contributed by atoms with Gasteiger partial charge in [0, 0.05) is 0 Å². The minimum Gasteiger partial charge on any atom is -0.298 e. The van der Waals surface area contributed by atoms with Gasteiger partial charge in [-0.25, -0.2) is 13.2 Å². The van der Waals surface area contributed by atoms with E-state index in [1.165, 1.54) is 0 Å². The van der Waals surface area contributed by atoms with Crippen LogP contribution >= 0.6 is 0 Å². The molecule has 17 heavy (non-hydrogen) atoms. The van der Waals surface area contributed by atoms with Gasteiger partial charge in [-0.2, -0.15) is 13.2 Å². The lowest BCUT2D eigenvalue weighted by Gasteiger charge is -2.13. The van der Waals surface area contributed by atoms with Crippen LogP contribution in [-0.2, 0) is 6.18 Å². The van der Waals surface area contributed by atoms with E-state index in [0.717, 1.165) is 0 Å². The van der Waals surface area contributed by atoms with Gasteiger partial charge in [-0.1, -0.05) is 0 Å². The Morgan fingerprint density at radius 2 is 1.12 bits per heavy atom. The van der Waals surface area contributed by atoms with Gasteiger partial charge in [-0.05, 0) is 0 Å². The lowest BCUT2D eigenvalue weighted by atomic mass is 10.00. The Morgan fingerprint density at radius 1 is 0.765 bits per heavy atom. The average Bonchev–Trinajstić information content (AvgIpc) is 2.24. The van der Waals surface area contributed by atoms with Crippen molar-refractivity contribution in [2.75, 3.05) is 0 Å². The molecule has 0 aliphatic heterocycles. The summed E-state index contributed by atoms with van der Waals surface area (Å²) in [5.41, 5.74) is -5.60. The summed E-state index contributed by atoms with van der Waals surface area (Å²) < 4.78 is 75.8. The fourth-order valence-electron chi connectivity index (χ4n) is 1.22. The van der Waals surface area contributed by atoms with Gasteiger partial charge >= 0.3 is 6.18 Å². The zero-order valence-electron chi connectivity index (χ0n) is 7.74. The van der Waals surface area contributed by atoms with Crippen LogP contribution in [0.1, 0.15) is 26.3 Å². The Kier molecular flexibility index (Phi) is 3.25. The second-order valence-corrected chi connectivity index (χ2v) is 2.88. The first-order chi connectivity index (χ1) is 7.75. The molecule has 0 aliphatic carbocycles. The first-order valence-corrected chi connectivity index (χ1v) is 3.93. The van der Waals surface area contributed by atoms with Gasteiger partial charge in [-0.3, -0.25) is 9.59 Å². The van der Waals surface area contributed by atoms with Gasteiger partial charge < -0.3 is 0 Å². The molecule has 0 fully saturated rings. The van der Waals surface area contributed by atoms with Crippen LogP contribution in [0, 0.1) is 17.5 Å². The summed E-state index contributed by atoms with van der Waals surface area (Å²) in [6.45, 7) is 0. The van der Waals surface area contributed by atoms with E-state index in [2.05, 4.69) is 0 Å². The maximum absolute atomic E-state index is 12.9. The van der Waals surface area contributed by atoms with Crippen molar-refractivity contribution in [3.8, 4) is 0 Å². The molecule has 1 aromatic rings. The Balaban J connectivity index is 3.89. The van der Waals surface area contributed by atoms with Crippen LogP contribution in [0.4, 0.5) is 26.3 Å². The minimum absolute atomic E-state index is 0.631. The van der Waals surface area contributed by atoms with Crippen molar-refractivity contribution >= 4 is 12.6 Å². The zero-order valence-corrected chi connectivity index (χ0v) is 7.74. The summed E-state index contributed by atoms with van der Waals surface area (Å²) in [5, 5.41) is 0. The standard InChI is InChI=1S/C9H2F6O2/c10-6-3(1-16)5(9(13,14)15)4(2-17)7(11)8(6)12/h1-2H. The van der Waals surface area contributed by atoms with E-state index in [1.54, 1.807) is 0 Å². The molecule has 8 heteroatoms. The smallest absolute Gasteiger partial charge is 0.298 e. The maximum atomic E-state index is 12.9. The molecule has 92 valence electrons. The molecule has 1 aromatic carbocycles. The second-order valence-electron chi connectivity index (χ2n) is 2.88. The number of carbonyl (C=O) groups excluding carboxylic acids is 2. The van der Waals surface area contributed by atoms with Gasteiger partial charge in [0.1, 0.15) is 0 Å². The van der Waals surface area contributed by atoms with E-state index in [1.807, 2.05) is 0 Å². The molecule has 0 saturated heterocycles. The summed E-state index contributed by atoms with van der Waals surface area (Å²) in [4.78, 5) is 20.6. The van der Waals surface area contributed by atoms with Crippen molar-refractivity contribution in [3.05, 3.63) is 34.1 Å². The van der Waals surface area contributed by atoms with E-state index in [0.29, 0.717) is 0 Å². The first-order valence-electron chi connectivity index (χ1n) is 3.93. The van der Waals surface area contributed by atoms with Crippen LogP contribution in [0.2, 0.25) is 0 Å². The third-order valence-electron chi connectivity index (χ3n) is 1.92. The monoisotopic (exact) mass is 256 g/mol. The largest absolute Gasteiger partial charge is 0.418 e. The molecule has 0 atom stereocenters. The second kappa shape index (κ2) is 4.19. The number of alkyl halides is 3. The number of carbonyl (C=O) groups is 2. The molecule has 1 rings (SSSR count). The van der Waals surface area contributed by atoms with Crippen molar-refractivity contribution in [3.63, 3.8) is 0 Å². The zero-order chi connectivity index (χ0) is 13.4. The normalized spacial score (nSPS) is 11.4. The molecule has 0 spiro atoms. The minimum atomic E-state index is -5.36. The number of benzene rings is 1. The molecule has 0 aromatic heterocycles. The van der Waals surface area contributed by atoms with Gasteiger partial charge in [0.15, 0.2) is 30.0 Å². The van der Waals surface area contributed by atoms with Crippen molar-refractivity contribution in [1.29, 1.82) is 0 Å². The van der Waals surface area contributed by atoms with Crippen molar-refractivity contribution < 1.29 is 35.9 Å². The molecule has 0 bridgehead atoms. The summed E-state index contributed by atoms with van der Waals surface area (Å²) >= 11 is 0. The average molecular weight is 256 g/mol. The summed E-state index contributed by atoms with van der Waals surface area (Å²) in [6, 6.07) is 0. The first kappa shape index (κ1) is 13.2. The van der Waals surface area contributed by atoms with E-state index in [-0.39, 0.29) is 0 Å². The summed E-state index contributed by atoms with van der Waals surface area (Å²) in [7, 11) is 0. The highest BCUT2D eigenvalue weighted by molar-refractivity contribution is 5.86. The molecule has 0 N–H and O–H groups in total. The van der Waals surface area contributed by atoms with Gasteiger partial charge in [0.2, 0.25) is 0 Å². The molecule has 0 heterocycles. The predicted molar refractivity (Wildman–Crippen MR) is 42.1 cm³/mol. The molecule has 2 nitrogen and oxygen atoms in total.